The first kappa shape index (κ1) is 10.6. The Morgan fingerprint density at radius 2 is 2.67 bits per heavy atom. The van der Waals surface area contributed by atoms with Crippen molar-refractivity contribution >= 4 is 17.2 Å². The van der Waals surface area contributed by atoms with Crippen LogP contribution in [0, 0.1) is 5.92 Å². The van der Waals surface area contributed by atoms with E-state index in [1.807, 2.05) is 5.38 Å². The van der Waals surface area contributed by atoms with Crippen LogP contribution in [0.1, 0.15) is 18.5 Å². The van der Waals surface area contributed by atoms with Crippen molar-refractivity contribution in [1.82, 2.24) is 15.6 Å². The molecule has 5 heteroatoms. The van der Waals surface area contributed by atoms with Gasteiger partial charge in [0.1, 0.15) is 0 Å². The zero-order chi connectivity index (χ0) is 10.5. The number of carbonyl (C=O) groups is 1. The van der Waals surface area contributed by atoms with Crippen molar-refractivity contribution in [3.8, 4) is 0 Å². The summed E-state index contributed by atoms with van der Waals surface area (Å²) in [4.78, 5) is 15.6. The zero-order valence-electron chi connectivity index (χ0n) is 8.53. The molecule has 1 aromatic rings. The minimum absolute atomic E-state index is 0.136. The standard InChI is InChI=1S/C10H15N3OS/c14-10(3-8-1-2-11-4-8)12-5-9-6-15-7-13-9/h6-8,11H,1-5H2,(H,12,14). The number of carbonyl (C=O) groups excluding carboxylic acids is 1. The highest BCUT2D eigenvalue weighted by Crippen LogP contribution is 2.11. The molecule has 0 saturated carbocycles. The molecule has 2 heterocycles. The normalized spacial score (nSPS) is 20.4. The topological polar surface area (TPSA) is 54.0 Å². The van der Waals surface area contributed by atoms with Gasteiger partial charge < -0.3 is 10.6 Å². The van der Waals surface area contributed by atoms with E-state index in [4.69, 9.17) is 0 Å². The molecule has 1 aliphatic heterocycles. The molecule has 82 valence electrons. The number of rotatable bonds is 4. The molecule has 2 rings (SSSR count). The lowest BCUT2D eigenvalue weighted by atomic mass is 10.0. The van der Waals surface area contributed by atoms with E-state index < -0.39 is 0 Å². The molecule has 0 spiro atoms. The maximum atomic E-state index is 11.5. The number of aromatic nitrogens is 1. The van der Waals surface area contributed by atoms with Crippen molar-refractivity contribution in [3.05, 3.63) is 16.6 Å². The molecular formula is C10H15N3OS. The number of hydrogen-bond acceptors (Lipinski definition) is 4. The largest absolute Gasteiger partial charge is 0.350 e. The second kappa shape index (κ2) is 5.23. The maximum absolute atomic E-state index is 11.5. The summed E-state index contributed by atoms with van der Waals surface area (Å²) in [7, 11) is 0. The minimum atomic E-state index is 0.136. The zero-order valence-corrected chi connectivity index (χ0v) is 9.35. The van der Waals surface area contributed by atoms with E-state index in [9.17, 15) is 4.79 Å². The van der Waals surface area contributed by atoms with Crippen LogP contribution in [0.5, 0.6) is 0 Å². The van der Waals surface area contributed by atoms with Gasteiger partial charge in [0, 0.05) is 11.8 Å². The Bertz CT molecular complexity index is 306. The molecule has 1 fully saturated rings. The molecule has 1 unspecified atom stereocenters. The summed E-state index contributed by atoms with van der Waals surface area (Å²) in [5.74, 6) is 0.650. The second-order valence-corrected chi connectivity index (χ2v) is 4.54. The average molecular weight is 225 g/mol. The molecule has 0 aromatic carbocycles. The van der Waals surface area contributed by atoms with Gasteiger partial charge in [-0.2, -0.15) is 0 Å². The lowest BCUT2D eigenvalue weighted by Gasteiger charge is -2.07. The number of nitrogens with one attached hydrogen (secondary N) is 2. The molecule has 0 radical (unpaired) electrons. The summed E-state index contributed by atoms with van der Waals surface area (Å²) < 4.78 is 0. The fraction of sp³-hybridized carbons (Fsp3) is 0.600. The minimum Gasteiger partial charge on any atom is -0.350 e. The third-order valence-electron chi connectivity index (χ3n) is 2.59. The molecule has 2 N–H and O–H groups in total. The van der Waals surface area contributed by atoms with Crippen molar-refractivity contribution in [2.45, 2.75) is 19.4 Å². The van der Waals surface area contributed by atoms with Gasteiger partial charge in [-0.25, -0.2) is 4.98 Å². The third kappa shape index (κ3) is 3.28. The van der Waals surface area contributed by atoms with Gasteiger partial charge in [0.15, 0.2) is 0 Å². The second-order valence-electron chi connectivity index (χ2n) is 3.82. The van der Waals surface area contributed by atoms with Crippen LogP contribution in [0.15, 0.2) is 10.9 Å². The highest BCUT2D eigenvalue weighted by atomic mass is 32.1. The van der Waals surface area contributed by atoms with Crippen LogP contribution < -0.4 is 10.6 Å². The lowest BCUT2D eigenvalue weighted by molar-refractivity contribution is -0.122. The maximum Gasteiger partial charge on any atom is 0.220 e. The molecule has 1 saturated heterocycles. The van der Waals surface area contributed by atoms with Crippen LogP contribution in [0.2, 0.25) is 0 Å². The Morgan fingerprint density at radius 3 is 3.33 bits per heavy atom. The van der Waals surface area contributed by atoms with Gasteiger partial charge in [0.25, 0.3) is 0 Å². The highest BCUT2D eigenvalue weighted by Gasteiger charge is 2.17. The van der Waals surface area contributed by atoms with E-state index >= 15 is 0 Å². The molecule has 1 aliphatic rings. The lowest BCUT2D eigenvalue weighted by Crippen LogP contribution is -2.25. The van der Waals surface area contributed by atoms with E-state index in [1.165, 1.54) is 0 Å². The van der Waals surface area contributed by atoms with Crippen LogP contribution in [-0.4, -0.2) is 24.0 Å². The van der Waals surface area contributed by atoms with Gasteiger partial charge in [0.2, 0.25) is 5.91 Å². The average Bonchev–Trinajstić information content (AvgIpc) is 2.86. The van der Waals surface area contributed by atoms with Gasteiger partial charge in [-0.3, -0.25) is 4.79 Å². The molecule has 1 aromatic heterocycles. The molecule has 0 bridgehead atoms. The van der Waals surface area contributed by atoms with Gasteiger partial charge >= 0.3 is 0 Å². The van der Waals surface area contributed by atoms with Crippen LogP contribution in [0.3, 0.4) is 0 Å². The van der Waals surface area contributed by atoms with Crippen LogP contribution in [0.25, 0.3) is 0 Å². The first-order valence-electron chi connectivity index (χ1n) is 5.19. The number of thiazole rings is 1. The van der Waals surface area contributed by atoms with Crippen molar-refractivity contribution in [2.24, 2.45) is 5.92 Å². The summed E-state index contributed by atoms with van der Waals surface area (Å²) in [5, 5.41) is 8.10. The Hall–Kier alpha value is -0.940. The molecule has 1 atom stereocenters. The molecule has 4 nitrogen and oxygen atoms in total. The molecular weight excluding hydrogens is 210 g/mol. The van der Waals surface area contributed by atoms with Gasteiger partial charge in [0.05, 0.1) is 17.7 Å². The summed E-state index contributed by atoms with van der Waals surface area (Å²) in [6.07, 6.45) is 1.75. The van der Waals surface area contributed by atoms with Crippen molar-refractivity contribution in [3.63, 3.8) is 0 Å². The predicted octanol–water partition coefficient (Wildman–Crippen LogP) is 0.759. The smallest absolute Gasteiger partial charge is 0.220 e. The molecule has 0 aliphatic carbocycles. The summed E-state index contributed by atoms with van der Waals surface area (Å²) in [6.45, 7) is 2.58. The Balaban J connectivity index is 1.68. The van der Waals surface area contributed by atoms with E-state index in [2.05, 4.69) is 15.6 Å². The van der Waals surface area contributed by atoms with Crippen LogP contribution >= 0.6 is 11.3 Å². The van der Waals surface area contributed by atoms with Crippen molar-refractivity contribution in [1.29, 1.82) is 0 Å². The predicted molar refractivity (Wildman–Crippen MR) is 59.6 cm³/mol. The van der Waals surface area contributed by atoms with E-state index in [0.29, 0.717) is 18.9 Å². The third-order valence-corrected chi connectivity index (χ3v) is 3.22. The first-order chi connectivity index (χ1) is 7.34. The summed E-state index contributed by atoms with van der Waals surface area (Å²) in [5.41, 5.74) is 2.72. The van der Waals surface area contributed by atoms with Gasteiger partial charge in [-0.15, -0.1) is 11.3 Å². The quantitative estimate of drug-likeness (QED) is 0.795. The van der Waals surface area contributed by atoms with E-state index in [1.54, 1.807) is 16.8 Å². The Morgan fingerprint density at radius 1 is 1.73 bits per heavy atom. The van der Waals surface area contributed by atoms with Crippen LogP contribution in [-0.2, 0) is 11.3 Å². The summed E-state index contributed by atoms with van der Waals surface area (Å²) in [6, 6.07) is 0. The fourth-order valence-electron chi connectivity index (χ4n) is 1.74. The Kier molecular flexibility index (Phi) is 3.69. The van der Waals surface area contributed by atoms with E-state index in [-0.39, 0.29) is 5.91 Å². The number of hydrogen-bond donors (Lipinski definition) is 2. The van der Waals surface area contributed by atoms with Crippen LogP contribution in [0.4, 0.5) is 0 Å². The fourth-order valence-corrected chi connectivity index (χ4v) is 2.30. The van der Waals surface area contributed by atoms with Crippen molar-refractivity contribution in [2.75, 3.05) is 13.1 Å². The molecule has 15 heavy (non-hydrogen) atoms. The number of nitrogens with zero attached hydrogens (tertiary/aromatic N) is 1. The Labute approximate surface area is 93.1 Å². The summed E-state index contributed by atoms with van der Waals surface area (Å²) >= 11 is 1.55. The number of amides is 1. The molecule has 1 amide bonds. The highest BCUT2D eigenvalue weighted by molar-refractivity contribution is 7.07. The first-order valence-corrected chi connectivity index (χ1v) is 6.13. The van der Waals surface area contributed by atoms with E-state index in [0.717, 1.165) is 25.2 Å². The van der Waals surface area contributed by atoms with Gasteiger partial charge in [-0.05, 0) is 25.4 Å². The SMILES string of the molecule is O=C(CC1CCNC1)NCc1cscn1. The van der Waals surface area contributed by atoms with Crippen molar-refractivity contribution < 1.29 is 4.79 Å². The monoisotopic (exact) mass is 225 g/mol. The van der Waals surface area contributed by atoms with Gasteiger partial charge in [-0.1, -0.05) is 0 Å².